The van der Waals surface area contributed by atoms with Gasteiger partial charge < -0.3 is 29.6 Å². The topological polar surface area (TPSA) is 124 Å². The third-order valence-electron chi connectivity index (χ3n) is 6.53. The number of ether oxygens (including phenoxy) is 2. The van der Waals surface area contributed by atoms with E-state index in [1.54, 1.807) is 30.5 Å². The Morgan fingerprint density at radius 2 is 1.88 bits per heavy atom. The average Bonchev–Trinajstić information content (AvgIpc) is 3.58. The number of rotatable bonds is 9. The molecule has 5 rings (SSSR count). The molecule has 12 heteroatoms. The van der Waals surface area contributed by atoms with Gasteiger partial charge in [-0.1, -0.05) is 6.07 Å². The van der Waals surface area contributed by atoms with E-state index in [1.165, 1.54) is 26.4 Å². The van der Waals surface area contributed by atoms with Crippen LogP contribution in [0.2, 0.25) is 0 Å². The number of nitro benzene ring substituents is 1. The maximum Gasteiger partial charge on any atom is 0.269 e. The van der Waals surface area contributed by atoms with Crippen LogP contribution in [-0.4, -0.2) is 46.3 Å². The summed E-state index contributed by atoms with van der Waals surface area (Å²) in [6.45, 7) is -0.107. The summed E-state index contributed by atoms with van der Waals surface area (Å²) in [7, 11) is 2.98. The van der Waals surface area contributed by atoms with Crippen molar-refractivity contribution in [2.75, 3.05) is 31.0 Å². The molecule has 4 aromatic rings. The minimum atomic E-state index is -0.425. The normalized spacial score (nSPS) is 16.4. The van der Waals surface area contributed by atoms with Crippen LogP contribution in [0.1, 0.15) is 23.5 Å². The highest BCUT2D eigenvalue weighted by molar-refractivity contribution is 7.80. The van der Waals surface area contributed by atoms with Crippen LogP contribution in [0.5, 0.6) is 5.75 Å². The molecular formula is C28H26N6O5S. The van der Waals surface area contributed by atoms with Gasteiger partial charge in [-0.25, -0.2) is 0 Å². The second-order valence-corrected chi connectivity index (χ2v) is 9.33. The molecule has 1 amide bonds. The van der Waals surface area contributed by atoms with E-state index in [1.807, 2.05) is 52.1 Å². The highest BCUT2D eigenvalue weighted by Gasteiger charge is 2.42. The molecule has 2 atom stereocenters. The van der Waals surface area contributed by atoms with Gasteiger partial charge >= 0.3 is 0 Å². The fraction of sp³-hybridized carbons (Fsp3) is 0.179. The van der Waals surface area contributed by atoms with Gasteiger partial charge in [0, 0.05) is 48.7 Å². The van der Waals surface area contributed by atoms with Crippen LogP contribution in [0.3, 0.4) is 0 Å². The number of benzene rings is 2. The second kappa shape index (κ2) is 11.5. The zero-order chi connectivity index (χ0) is 28.2. The van der Waals surface area contributed by atoms with Crippen LogP contribution in [0, 0.1) is 10.1 Å². The number of non-ortho nitro benzene ring substituents is 1. The van der Waals surface area contributed by atoms with Crippen LogP contribution in [-0.2, 0) is 9.53 Å². The zero-order valence-electron chi connectivity index (χ0n) is 21.7. The number of anilines is 2. The van der Waals surface area contributed by atoms with Gasteiger partial charge in [-0.3, -0.25) is 19.9 Å². The molecular weight excluding hydrogens is 532 g/mol. The Morgan fingerprint density at radius 1 is 1.10 bits per heavy atom. The smallest absolute Gasteiger partial charge is 0.269 e. The van der Waals surface area contributed by atoms with Crippen molar-refractivity contribution in [3.05, 3.63) is 107 Å². The predicted octanol–water partition coefficient (Wildman–Crippen LogP) is 4.55. The first-order valence-electron chi connectivity index (χ1n) is 12.3. The van der Waals surface area contributed by atoms with Gasteiger partial charge in [0.25, 0.3) is 5.69 Å². The number of thiocarbonyl (C=S) groups is 1. The molecule has 2 aromatic carbocycles. The van der Waals surface area contributed by atoms with Crippen molar-refractivity contribution in [2.45, 2.75) is 12.1 Å². The maximum absolute atomic E-state index is 12.3. The van der Waals surface area contributed by atoms with E-state index in [-0.39, 0.29) is 30.3 Å². The minimum absolute atomic E-state index is 0.00966. The highest BCUT2D eigenvalue weighted by atomic mass is 32.1. The van der Waals surface area contributed by atoms with Gasteiger partial charge in [0.1, 0.15) is 18.4 Å². The number of amides is 1. The molecule has 1 fully saturated rings. The van der Waals surface area contributed by atoms with Crippen LogP contribution < -0.4 is 20.3 Å². The first-order valence-corrected chi connectivity index (χ1v) is 12.7. The maximum atomic E-state index is 12.3. The fourth-order valence-electron chi connectivity index (χ4n) is 4.80. The first-order chi connectivity index (χ1) is 19.4. The Kier molecular flexibility index (Phi) is 7.71. The second-order valence-electron chi connectivity index (χ2n) is 8.94. The molecule has 2 N–H and O–H groups in total. The van der Waals surface area contributed by atoms with Crippen molar-refractivity contribution in [3.8, 4) is 11.4 Å². The van der Waals surface area contributed by atoms with Gasteiger partial charge in [-0.05, 0) is 66.8 Å². The number of pyridine rings is 1. The van der Waals surface area contributed by atoms with Crippen molar-refractivity contribution in [3.63, 3.8) is 0 Å². The van der Waals surface area contributed by atoms with Crippen LogP contribution >= 0.6 is 12.2 Å². The Balaban J connectivity index is 1.62. The molecule has 11 nitrogen and oxygen atoms in total. The molecule has 1 saturated heterocycles. The number of nitro groups is 1. The van der Waals surface area contributed by atoms with E-state index in [4.69, 9.17) is 21.7 Å². The molecule has 40 heavy (non-hydrogen) atoms. The van der Waals surface area contributed by atoms with Gasteiger partial charge in [0.15, 0.2) is 5.11 Å². The van der Waals surface area contributed by atoms with Gasteiger partial charge in [-0.15, -0.1) is 0 Å². The monoisotopic (exact) mass is 558 g/mol. The molecule has 1 aliphatic heterocycles. The molecule has 0 aliphatic carbocycles. The minimum Gasteiger partial charge on any atom is -0.495 e. The molecule has 3 heterocycles. The molecule has 0 spiro atoms. The summed E-state index contributed by atoms with van der Waals surface area (Å²) in [6.07, 6.45) is 3.63. The Hall–Kier alpha value is -4.81. The lowest BCUT2D eigenvalue weighted by Gasteiger charge is -2.29. The van der Waals surface area contributed by atoms with Gasteiger partial charge in [0.2, 0.25) is 5.91 Å². The van der Waals surface area contributed by atoms with Crippen molar-refractivity contribution in [1.82, 2.24) is 14.9 Å². The standard InChI is InChI=1S/C28H26N6O5S/c1-38-17-25(35)30-22-16-20(12-13-24(22)39-2)33-27(26(31-28(33)40)21-6-3-4-14-29-21)23-7-5-15-32(23)18-8-10-19(11-9-18)34(36)37/h3-16,26-27H,17H2,1-2H3,(H,30,35)(H,31,40)/t26-,27-/m1/s1. The Bertz CT molecular complexity index is 1540. The van der Waals surface area contributed by atoms with Gasteiger partial charge in [-0.2, -0.15) is 0 Å². The van der Waals surface area contributed by atoms with Crippen molar-refractivity contribution >= 4 is 40.3 Å². The van der Waals surface area contributed by atoms with Crippen molar-refractivity contribution in [2.24, 2.45) is 0 Å². The van der Waals surface area contributed by atoms with Crippen molar-refractivity contribution in [1.29, 1.82) is 0 Å². The lowest BCUT2D eigenvalue weighted by atomic mass is 10.0. The molecule has 0 radical (unpaired) electrons. The summed E-state index contributed by atoms with van der Waals surface area (Å²) in [5, 5.41) is 17.9. The summed E-state index contributed by atoms with van der Waals surface area (Å²) in [4.78, 5) is 29.7. The Morgan fingerprint density at radius 3 is 2.55 bits per heavy atom. The van der Waals surface area contributed by atoms with E-state index >= 15 is 0 Å². The van der Waals surface area contributed by atoms with Crippen molar-refractivity contribution < 1.29 is 19.2 Å². The SMILES string of the molecule is COCC(=O)Nc1cc(N2C(=S)N[C@H](c3ccccn3)[C@H]2c2cccn2-c2ccc([N+](=O)[O-])cc2)ccc1OC. The van der Waals surface area contributed by atoms with Crippen LogP contribution in [0.15, 0.2) is 85.2 Å². The number of hydrogen-bond acceptors (Lipinski definition) is 7. The third kappa shape index (κ3) is 5.22. The number of carbonyl (C=O) groups is 1. The first kappa shape index (κ1) is 26.8. The van der Waals surface area contributed by atoms with E-state index in [9.17, 15) is 14.9 Å². The zero-order valence-corrected chi connectivity index (χ0v) is 22.5. The Labute approximate surface area is 235 Å². The number of nitrogens with zero attached hydrogens (tertiary/aromatic N) is 4. The van der Waals surface area contributed by atoms with E-state index in [0.29, 0.717) is 22.2 Å². The molecule has 0 saturated carbocycles. The summed E-state index contributed by atoms with van der Waals surface area (Å²) in [5.74, 6) is 0.161. The van der Waals surface area contributed by atoms with Gasteiger partial charge in [0.05, 0.1) is 29.5 Å². The molecule has 1 aliphatic rings. The number of methoxy groups -OCH3 is 2. The summed E-state index contributed by atoms with van der Waals surface area (Å²) in [6, 6.07) is 20.7. The summed E-state index contributed by atoms with van der Waals surface area (Å²) >= 11 is 5.85. The molecule has 204 valence electrons. The number of hydrogen-bond donors (Lipinski definition) is 2. The lowest BCUT2D eigenvalue weighted by Crippen LogP contribution is -2.30. The van der Waals surface area contributed by atoms with E-state index in [2.05, 4.69) is 15.6 Å². The van der Waals surface area contributed by atoms with E-state index in [0.717, 1.165) is 17.1 Å². The number of nitrogens with one attached hydrogen (secondary N) is 2. The number of aromatic nitrogens is 2. The molecule has 0 unspecified atom stereocenters. The quantitative estimate of drug-likeness (QED) is 0.173. The largest absolute Gasteiger partial charge is 0.495 e. The fourth-order valence-corrected chi connectivity index (χ4v) is 5.15. The van der Waals surface area contributed by atoms with Crippen LogP contribution in [0.25, 0.3) is 5.69 Å². The number of carbonyl (C=O) groups excluding carboxylic acids is 1. The summed E-state index contributed by atoms with van der Waals surface area (Å²) < 4.78 is 12.4. The third-order valence-corrected chi connectivity index (χ3v) is 6.85. The average molecular weight is 559 g/mol. The van der Waals surface area contributed by atoms with E-state index < -0.39 is 4.92 Å². The predicted molar refractivity (Wildman–Crippen MR) is 154 cm³/mol. The highest BCUT2D eigenvalue weighted by Crippen LogP contribution is 2.43. The summed E-state index contributed by atoms with van der Waals surface area (Å²) in [5.41, 5.74) is 3.61. The lowest BCUT2D eigenvalue weighted by molar-refractivity contribution is -0.384. The van der Waals surface area contributed by atoms with Crippen LogP contribution in [0.4, 0.5) is 17.1 Å². The molecule has 0 bridgehead atoms. The molecule has 2 aromatic heterocycles.